The van der Waals surface area contributed by atoms with Crippen molar-refractivity contribution in [2.75, 3.05) is 25.2 Å². The smallest absolute Gasteiger partial charge is 0.146 e. The third kappa shape index (κ3) is 5.64. The molecule has 4 heteroatoms. The molecular formula is C17H29FN2O. The molecule has 0 unspecified atom stereocenters. The number of rotatable bonds is 7. The Morgan fingerprint density at radius 2 is 1.95 bits per heavy atom. The summed E-state index contributed by atoms with van der Waals surface area (Å²) in [6.45, 7) is 12.4. The lowest BCUT2D eigenvalue weighted by atomic mass is 10.1. The molecule has 0 aliphatic rings. The third-order valence-corrected chi connectivity index (χ3v) is 3.33. The Kier molecular flexibility index (Phi) is 6.62. The van der Waals surface area contributed by atoms with E-state index in [9.17, 15) is 4.39 Å². The average Bonchev–Trinajstić information content (AvgIpc) is 2.37. The number of ether oxygens (including phenoxy) is 1. The van der Waals surface area contributed by atoms with Gasteiger partial charge in [0.2, 0.25) is 0 Å². The Morgan fingerprint density at radius 3 is 2.48 bits per heavy atom. The molecule has 0 radical (unpaired) electrons. The maximum Gasteiger partial charge on any atom is 0.146 e. The zero-order valence-corrected chi connectivity index (χ0v) is 14.2. The van der Waals surface area contributed by atoms with Gasteiger partial charge in [-0.25, -0.2) is 4.39 Å². The Hall–Kier alpha value is -1.13. The minimum absolute atomic E-state index is 0.00121. The SMILES string of the molecule is COCCN(c1c(F)cccc1CNC(C)(C)C)C(C)C. The molecule has 0 spiro atoms. The molecule has 0 atom stereocenters. The highest BCUT2D eigenvalue weighted by atomic mass is 19.1. The van der Waals surface area contributed by atoms with Gasteiger partial charge in [-0.05, 0) is 46.2 Å². The number of halogens is 1. The second-order valence-corrected chi connectivity index (χ2v) is 6.63. The lowest BCUT2D eigenvalue weighted by molar-refractivity contribution is 0.203. The second kappa shape index (κ2) is 7.76. The predicted molar refractivity (Wildman–Crippen MR) is 87.4 cm³/mol. The summed E-state index contributed by atoms with van der Waals surface area (Å²) in [5.41, 5.74) is 1.66. The van der Waals surface area contributed by atoms with E-state index < -0.39 is 0 Å². The van der Waals surface area contributed by atoms with E-state index in [1.165, 1.54) is 6.07 Å². The largest absolute Gasteiger partial charge is 0.383 e. The van der Waals surface area contributed by atoms with Crippen LogP contribution in [0.15, 0.2) is 18.2 Å². The summed E-state index contributed by atoms with van der Waals surface area (Å²) in [5.74, 6) is -0.173. The number of hydrogen-bond acceptors (Lipinski definition) is 3. The van der Waals surface area contributed by atoms with E-state index in [4.69, 9.17) is 4.74 Å². The number of methoxy groups -OCH3 is 1. The van der Waals surface area contributed by atoms with E-state index in [0.717, 1.165) is 5.56 Å². The molecule has 0 amide bonds. The van der Waals surface area contributed by atoms with Gasteiger partial charge in [0, 0.05) is 31.8 Å². The summed E-state index contributed by atoms with van der Waals surface area (Å²) in [5, 5.41) is 3.43. The molecule has 21 heavy (non-hydrogen) atoms. The van der Waals surface area contributed by atoms with Crippen LogP contribution in [0.2, 0.25) is 0 Å². The number of anilines is 1. The van der Waals surface area contributed by atoms with Gasteiger partial charge in [0.25, 0.3) is 0 Å². The Morgan fingerprint density at radius 1 is 1.29 bits per heavy atom. The summed E-state index contributed by atoms with van der Waals surface area (Å²) < 4.78 is 19.6. The molecule has 0 saturated carbocycles. The van der Waals surface area contributed by atoms with E-state index in [2.05, 4.69) is 44.8 Å². The zero-order chi connectivity index (χ0) is 16.0. The van der Waals surface area contributed by atoms with Crippen LogP contribution in [0.4, 0.5) is 10.1 Å². The Balaban J connectivity index is 3.06. The first-order chi connectivity index (χ1) is 9.76. The average molecular weight is 296 g/mol. The van der Waals surface area contributed by atoms with Gasteiger partial charge in [-0.3, -0.25) is 0 Å². The van der Waals surface area contributed by atoms with Crippen LogP contribution in [0, 0.1) is 5.82 Å². The molecule has 120 valence electrons. The second-order valence-electron chi connectivity index (χ2n) is 6.63. The van der Waals surface area contributed by atoms with Gasteiger partial charge in [-0.1, -0.05) is 12.1 Å². The van der Waals surface area contributed by atoms with Crippen LogP contribution in [0.5, 0.6) is 0 Å². The van der Waals surface area contributed by atoms with Crippen LogP contribution in [0.3, 0.4) is 0 Å². The molecule has 1 aromatic rings. The predicted octanol–water partition coefficient (Wildman–Crippen LogP) is 3.58. The van der Waals surface area contributed by atoms with Crippen LogP contribution < -0.4 is 10.2 Å². The highest BCUT2D eigenvalue weighted by molar-refractivity contribution is 5.55. The lowest BCUT2D eigenvalue weighted by Gasteiger charge is -2.32. The van der Waals surface area contributed by atoms with Crippen LogP contribution in [-0.2, 0) is 11.3 Å². The number of nitrogens with one attached hydrogen (secondary N) is 1. The fourth-order valence-corrected chi connectivity index (χ4v) is 2.20. The molecule has 0 saturated heterocycles. The van der Waals surface area contributed by atoms with Gasteiger partial charge in [-0.2, -0.15) is 0 Å². The van der Waals surface area contributed by atoms with Gasteiger partial charge in [0.15, 0.2) is 0 Å². The molecule has 0 aliphatic heterocycles. The monoisotopic (exact) mass is 296 g/mol. The Labute approximate surface area is 128 Å². The van der Waals surface area contributed by atoms with Crippen LogP contribution >= 0.6 is 0 Å². The van der Waals surface area contributed by atoms with E-state index in [0.29, 0.717) is 25.4 Å². The lowest BCUT2D eigenvalue weighted by Crippen LogP contribution is -2.38. The van der Waals surface area contributed by atoms with Crippen molar-refractivity contribution in [1.29, 1.82) is 0 Å². The van der Waals surface area contributed by atoms with Gasteiger partial charge in [0.1, 0.15) is 5.82 Å². The summed E-state index contributed by atoms with van der Waals surface area (Å²) in [6, 6.07) is 5.50. The molecule has 3 nitrogen and oxygen atoms in total. The van der Waals surface area contributed by atoms with E-state index in [1.807, 2.05) is 6.07 Å². The molecular weight excluding hydrogens is 267 g/mol. The molecule has 0 fully saturated rings. The third-order valence-electron chi connectivity index (χ3n) is 3.33. The summed E-state index contributed by atoms with van der Waals surface area (Å²) in [4.78, 5) is 2.07. The molecule has 1 rings (SSSR count). The molecule has 1 N–H and O–H groups in total. The van der Waals surface area contributed by atoms with Crippen LogP contribution in [0.25, 0.3) is 0 Å². The fourth-order valence-electron chi connectivity index (χ4n) is 2.20. The topological polar surface area (TPSA) is 24.5 Å². The van der Waals surface area contributed by atoms with Crippen LogP contribution in [-0.4, -0.2) is 31.8 Å². The molecule has 0 aromatic heterocycles. The van der Waals surface area contributed by atoms with Gasteiger partial charge in [0.05, 0.1) is 12.3 Å². The Bertz CT molecular complexity index is 441. The number of benzene rings is 1. The first-order valence-corrected chi connectivity index (χ1v) is 7.54. The number of hydrogen-bond donors (Lipinski definition) is 1. The van der Waals surface area contributed by atoms with Crippen molar-refractivity contribution in [3.05, 3.63) is 29.6 Å². The van der Waals surface area contributed by atoms with Crippen molar-refractivity contribution in [3.63, 3.8) is 0 Å². The van der Waals surface area contributed by atoms with Crippen LogP contribution in [0.1, 0.15) is 40.2 Å². The minimum Gasteiger partial charge on any atom is -0.383 e. The first kappa shape index (κ1) is 17.9. The maximum atomic E-state index is 14.4. The van der Waals surface area contributed by atoms with E-state index in [-0.39, 0.29) is 17.4 Å². The first-order valence-electron chi connectivity index (χ1n) is 7.54. The molecule has 0 aliphatic carbocycles. The fraction of sp³-hybridized carbons (Fsp3) is 0.647. The number of para-hydroxylation sites is 1. The summed E-state index contributed by atoms with van der Waals surface area (Å²) in [6.07, 6.45) is 0. The van der Waals surface area contributed by atoms with Crippen molar-refractivity contribution in [1.82, 2.24) is 5.32 Å². The highest BCUT2D eigenvalue weighted by Gasteiger charge is 2.19. The van der Waals surface area contributed by atoms with Crippen molar-refractivity contribution < 1.29 is 9.13 Å². The quantitative estimate of drug-likeness (QED) is 0.832. The van der Waals surface area contributed by atoms with Gasteiger partial charge < -0.3 is 15.0 Å². The maximum absolute atomic E-state index is 14.4. The number of nitrogens with zero attached hydrogens (tertiary/aromatic N) is 1. The van der Waals surface area contributed by atoms with Gasteiger partial charge >= 0.3 is 0 Å². The summed E-state index contributed by atoms with van der Waals surface area (Å²) in [7, 11) is 1.67. The van der Waals surface area contributed by atoms with Crippen molar-refractivity contribution in [2.45, 2.75) is 52.7 Å². The standard InChI is InChI=1S/C17H29FN2O/c1-13(2)20(10-11-21-6)16-14(8-7-9-15(16)18)12-19-17(3,4)5/h7-9,13,19H,10-12H2,1-6H3. The molecule has 0 heterocycles. The van der Waals surface area contributed by atoms with Crippen molar-refractivity contribution >= 4 is 5.69 Å². The highest BCUT2D eigenvalue weighted by Crippen LogP contribution is 2.26. The molecule has 0 bridgehead atoms. The molecule has 1 aromatic carbocycles. The van der Waals surface area contributed by atoms with E-state index in [1.54, 1.807) is 13.2 Å². The normalized spacial score (nSPS) is 12.0. The van der Waals surface area contributed by atoms with E-state index >= 15 is 0 Å². The van der Waals surface area contributed by atoms with Crippen molar-refractivity contribution in [2.24, 2.45) is 0 Å². The minimum atomic E-state index is -0.173. The zero-order valence-electron chi connectivity index (χ0n) is 14.2. The summed E-state index contributed by atoms with van der Waals surface area (Å²) >= 11 is 0. The van der Waals surface area contributed by atoms with Gasteiger partial charge in [-0.15, -0.1) is 0 Å². The van der Waals surface area contributed by atoms with Crippen molar-refractivity contribution in [3.8, 4) is 0 Å².